The van der Waals surface area contributed by atoms with Crippen LogP contribution in [0.2, 0.25) is 0 Å². The van der Waals surface area contributed by atoms with E-state index in [1.807, 2.05) is 0 Å². The first kappa shape index (κ1) is 14.3. The molecule has 0 spiro atoms. The van der Waals surface area contributed by atoms with E-state index in [1.54, 1.807) is 12.5 Å². The van der Waals surface area contributed by atoms with Crippen LogP contribution in [0, 0.1) is 5.92 Å². The first-order valence-electron chi connectivity index (χ1n) is 7.66. The highest BCUT2D eigenvalue weighted by molar-refractivity contribution is 5.85. The van der Waals surface area contributed by atoms with Crippen LogP contribution in [0.3, 0.4) is 0 Å². The summed E-state index contributed by atoms with van der Waals surface area (Å²) in [5.41, 5.74) is 0.988. The lowest BCUT2D eigenvalue weighted by molar-refractivity contribution is 0.0882. The maximum Gasteiger partial charge on any atom is 0.160 e. The van der Waals surface area contributed by atoms with Gasteiger partial charge in [-0.05, 0) is 32.9 Å². The van der Waals surface area contributed by atoms with Gasteiger partial charge in [0.1, 0.15) is 12.1 Å². The predicted octanol–water partition coefficient (Wildman–Crippen LogP) is 2.28. The van der Waals surface area contributed by atoms with Crippen molar-refractivity contribution in [3.8, 4) is 0 Å². The number of rotatable bonds is 4. The van der Waals surface area contributed by atoms with Gasteiger partial charge in [0.15, 0.2) is 5.65 Å². The first-order valence-corrected chi connectivity index (χ1v) is 7.66. The quantitative estimate of drug-likeness (QED) is 0.903. The van der Waals surface area contributed by atoms with Gasteiger partial charge in [-0.1, -0.05) is 19.8 Å². The third-order valence-electron chi connectivity index (χ3n) is 4.85. The molecular weight excluding hydrogens is 264 g/mol. The summed E-state index contributed by atoms with van der Waals surface area (Å²) >= 11 is 0. The number of hydrogen-bond donors (Lipinski definition) is 2. The number of nitrogens with one attached hydrogen (secondary N) is 2. The minimum atomic E-state index is 0.207. The van der Waals surface area contributed by atoms with Gasteiger partial charge in [-0.2, -0.15) is 5.10 Å². The molecule has 2 aromatic heterocycles. The van der Waals surface area contributed by atoms with Crippen LogP contribution in [-0.4, -0.2) is 51.2 Å². The zero-order chi connectivity index (χ0) is 14.9. The molecule has 2 atom stereocenters. The van der Waals surface area contributed by atoms with Crippen LogP contribution in [0.1, 0.15) is 32.6 Å². The maximum absolute atomic E-state index is 4.37. The van der Waals surface area contributed by atoms with E-state index >= 15 is 0 Å². The van der Waals surface area contributed by atoms with Crippen LogP contribution in [0.15, 0.2) is 12.5 Å². The molecule has 2 aromatic rings. The molecule has 3 rings (SSSR count). The lowest BCUT2D eigenvalue weighted by Crippen LogP contribution is -2.52. The number of aromatic amines is 1. The molecule has 0 radical (unpaired) electrons. The number of likely N-dealkylation sites (N-methyl/N-ethyl adjacent to an activating group) is 1. The molecule has 6 nitrogen and oxygen atoms in total. The predicted molar refractivity (Wildman–Crippen MR) is 84.2 cm³/mol. The number of aromatic nitrogens is 4. The molecule has 21 heavy (non-hydrogen) atoms. The molecule has 114 valence electrons. The summed E-state index contributed by atoms with van der Waals surface area (Å²) in [5, 5.41) is 11.4. The lowest BCUT2D eigenvalue weighted by Gasteiger charge is -2.45. The number of hydrogen-bond acceptors (Lipinski definition) is 5. The average Bonchev–Trinajstić information content (AvgIpc) is 2.94. The molecule has 1 fully saturated rings. The highest BCUT2D eigenvalue weighted by Gasteiger charge is 2.36. The molecular formula is C15H24N6. The Labute approximate surface area is 125 Å². The summed E-state index contributed by atoms with van der Waals surface area (Å²) in [6, 6.07) is 0. The third-order valence-corrected chi connectivity index (χ3v) is 4.85. The molecule has 0 bridgehead atoms. The molecule has 1 aliphatic rings. The molecule has 1 aliphatic carbocycles. The Balaban J connectivity index is 1.79. The highest BCUT2D eigenvalue weighted by atomic mass is 15.2. The van der Waals surface area contributed by atoms with E-state index in [1.165, 1.54) is 25.7 Å². The van der Waals surface area contributed by atoms with Gasteiger partial charge in [0.2, 0.25) is 0 Å². The third kappa shape index (κ3) is 2.72. The van der Waals surface area contributed by atoms with Crippen molar-refractivity contribution in [2.24, 2.45) is 5.92 Å². The van der Waals surface area contributed by atoms with E-state index in [2.05, 4.69) is 51.4 Å². The van der Waals surface area contributed by atoms with Crippen molar-refractivity contribution in [3.63, 3.8) is 0 Å². The van der Waals surface area contributed by atoms with Gasteiger partial charge in [-0.25, -0.2) is 9.97 Å². The van der Waals surface area contributed by atoms with Crippen molar-refractivity contribution >= 4 is 16.9 Å². The first-order chi connectivity index (χ1) is 10.1. The minimum absolute atomic E-state index is 0.207. The molecule has 2 heterocycles. The van der Waals surface area contributed by atoms with E-state index in [0.29, 0.717) is 0 Å². The van der Waals surface area contributed by atoms with Gasteiger partial charge in [-0.3, -0.25) is 5.10 Å². The summed E-state index contributed by atoms with van der Waals surface area (Å²) in [6.07, 6.45) is 8.46. The molecule has 0 aliphatic heterocycles. The second kappa shape index (κ2) is 5.60. The number of nitrogens with zero attached hydrogens (tertiary/aromatic N) is 4. The van der Waals surface area contributed by atoms with Crippen molar-refractivity contribution in [1.82, 2.24) is 25.1 Å². The van der Waals surface area contributed by atoms with Crippen molar-refractivity contribution in [1.29, 1.82) is 0 Å². The number of fused-ring (bicyclic) bond motifs is 1. The summed E-state index contributed by atoms with van der Waals surface area (Å²) < 4.78 is 0. The van der Waals surface area contributed by atoms with Crippen molar-refractivity contribution in [2.75, 3.05) is 26.0 Å². The van der Waals surface area contributed by atoms with Crippen LogP contribution < -0.4 is 5.32 Å². The SMILES string of the molecule is CC1CCCC(CNc2ncnc3[nH]ncc23)(N(C)C)C1. The monoisotopic (exact) mass is 288 g/mol. The molecule has 0 amide bonds. The normalized spacial score (nSPS) is 26.4. The molecule has 2 unspecified atom stereocenters. The standard InChI is InChI=1S/C15H24N6/c1-11-5-4-6-15(7-11,21(2)3)9-16-13-12-8-19-20-14(12)18-10-17-13/h8,10-11H,4-7,9H2,1-3H3,(H2,16,17,18,19,20). The summed E-state index contributed by atoms with van der Waals surface area (Å²) in [6.45, 7) is 3.26. The number of H-pyrrole nitrogens is 1. The molecule has 1 saturated carbocycles. The smallest absolute Gasteiger partial charge is 0.160 e. The molecule has 6 heteroatoms. The van der Waals surface area contributed by atoms with E-state index in [4.69, 9.17) is 0 Å². The van der Waals surface area contributed by atoms with Crippen molar-refractivity contribution < 1.29 is 0 Å². The highest BCUT2D eigenvalue weighted by Crippen LogP contribution is 2.36. The fourth-order valence-electron chi connectivity index (χ4n) is 3.51. The average molecular weight is 288 g/mol. The lowest BCUT2D eigenvalue weighted by atomic mass is 9.75. The van der Waals surface area contributed by atoms with E-state index < -0.39 is 0 Å². The summed E-state index contributed by atoms with van der Waals surface area (Å²) in [5.74, 6) is 1.65. The Bertz CT molecular complexity index is 607. The van der Waals surface area contributed by atoms with Crippen LogP contribution >= 0.6 is 0 Å². The fourth-order valence-corrected chi connectivity index (χ4v) is 3.51. The number of anilines is 1. The Morgan fingerprint density at radius 1 is 1.43 bits per heavy atom. The maximum atomic E-state index is 4.37. The van der Waals surface area contributed by atoms with Gasteiger partial charge in [0.25, 0.3) is 0 Å². The Morgan fingerprint density at radius 2 is 2.29 bits per heavy atom. The van der Waals surface area contributed by atoms with Gasteiger partial charge < -0.3 is 10.2 Å². The van der Waals surface area contributed by atoms with Crippen molar-refractivity contribution in [2.45, 2.75) is 38.1 Å². The topological polar surface area (TPSA) is 69.7 Å². The second-order valence-electron chi connectivity index (χ2n) is 6.53. The van der Waals surface area contributed by atoms with Crippen LogP contribution in [0.25, 0.3) is 11.0 Å². The van der Waals surface area contributed by atoms with Gasteiger partial charge in [0.05, 0.1) is 11.6 Å². The summed E-state index contributed by atoms with van der Waals surface area (Å²) in [7, 11) is 4.38. The Hall–Kier alpha value is -1.69. The van der Waals surface area contributed by atoms with Gasteiger partial charge >= 0.3 is 0 Å². The zero-order valence-corrected chi connectivity index (χ0v) is 13.1. The van der Waals surface area contributed by atoms with Gasteiger partial charge in [0, 0.05) is 12.1 Å². The fraction of sp³-hybridized carbons (Fsp3) is 0.667. The van der Waals surface area contributed by atoms with Crippen LogP contribution in [0.5, 0.6) is 0 Å². The van der Waals surface area contributed by atoms with Crippen molar-refractivity contribution in [3.05, 3.63) is 12.5 Å². The largest absolute Gasteiger partial charge is 0.367 e. The minimum Gasteiger partial charge on any atom is -0.367 e. The second-order valence-corrected chi connectivity index (χ2v) is 6.53. The molecule has 0 aromatic carbocycles. The Kier molecular flexibility index (Phi) is 3.80. The molecule has 2 N–H and O–H groups in total. The Morgan fingerprint density at radius 3 is 3.05 bits per heavy atom. The zero-order valence-electron chi connectivity index (χ0n) is 13.1. The van der Waals surface area contributed by atoms with E-state index in [9.17, 15) is 0 Å². The van der Waals surface area contributed by atoms with Crippen LogP contribution in [0.4, 0.5) is 5.82 Å². The molecule has 0 saturated heterocycles. The summed E-state index contributed by atoms with van der Waals surface area (Å²) in [4.78, 5) is 10.9. The van der Waals surface area contributed by atoms with E-state index in [-0.39, 0.29) is 5.54 Å². The van der Waals surface area contributed by atoms with Gasteiger partial charge in [-0.15, -0.1) is 0 Å². The van der Waals surface area contributed by atoms with Crippen LogP contribution in [-0.2, 0) is 0 Å². The van der Waals surface area contributed by atoms with E-state index in [0.717, 1.165) is 29.3 Å².